The summed E-state index contributed by atoms with van der Waals surface area (Å²) in [4.78, 5) is 2.39. The SMILES string of the molecule is CCOc1cc(Cl)c(Cl)cc1CN1CC[C@@H](CN)C([Si])C1. The molecule has 2 atom stereocenters. The molecule has 1 heterocycles. The van der Waals surface area contributed by atoms with Crippen molar-refractivity contribution in [1.82, 2.24) is 4.90 Å². The molecule has 1 aliphatic rings. The zero-order valence-corrected chi connectivity index (χ0v) is 14.8. The zero-order valence-electron chi connectivity index (χ0n) is 12.2. The number of nitrogens with zero attached hydrogens (tertiary/aromatic N) is 1. The number of hydrogen-bond acceptors (Lipinski definition) is 3. The van der Waals surface area contributed by atoms with E-state index in [1.54, 1.807) is 6.07 Å². The van der Waals surface area contributed by atoms with Gasteiger partial charge in [0.15, 0.2) is 0 Å². The number of piperidine rings is 1. The average molecular weight is 344 g/mol. The van der Waals surface area contributed by atoms with E-state index in [-0.39, 0.29) is 0 Å². The largest absolute Gasteiger partial charge is 0.493 e. The first-order valence-corrected chi connectivity index (χ1v) is 8.62. The molecular weight excluding hydrogens is 323 g/mol. The molecule has 2 rings (SSSR count). The average Bonchev–Trinajstić information content (AvgIpc) is 2.45. The fourth-order valence-electron chi connectivity index (χ4n) is 2.72. The van der Waals surface area contributed by atoms with Gasteiger partial charge in [0, 0.05) is 28.4 Å². The molecule has 115 valence electrons. The molecule has 21 heavy (non-hydrogen) atoms. The van der Waals surface area contributed by atoms with Gasteiger partial charge >= 0.3 is 0 Å². The van der Waals surface area contributed by atoms with Crippen LogP contribution in [0.3, 0.4) is 0 Å². The van der Waals surface area contributed by atoms with Gasteiger partial charge in [-0.1, -0.05) is 23.2 Å². The Morgan fingerprint density at radius 1 is 1.38 bits per heavy atom. The topological polar surface area (TPSA) is 38.5 Å². The molecule has 0 bridgehead atoms. The summed E-state index contributed by atoms with van der Waals surface area (Å²) < 4.78 is 5.68. The van der Waals surface area contributed by atoms with Crippen molar-refractivity contribution in [3.8, 4) is 5.75 Å². The number of hydrogen-bond donors (Lipinski definition) is 1. The highest BCUT2D eigenvalue weighted by atomic mass is 35.5. The van der Waals surface area contributed by atoms with Gasteiger partial charge in [0.2, 0.25) is 0 Å². The molecule has 1 aromatic rings. The highest BCUT2D eigenvalue weighted by Gasteiger charge is 2.25. The van der Waals surface area contributed by atoms with E-state index in [0.717, 1.165) is 43.9 Å². The van der Waals surface area contributed by atoms with Crippen LogP contribution in [0.15, 0.2) is 12.1 Å². The van der Waals surface area contributed by atoms with Crippen molar-refractivity contribution in [2.45, 2.75) is 25.4 Å². The van der Waals surface area contributed by atoms with Gasteiger partial charge < -0.3 is 10.5 Å². The van der Waals surface area contributed by atoms with Crippen LogP contribution < -0.4 is 10.5 Å². The van der Waals surface area contributed by atoms with Crippen molar-refractivity contribution in [3.05, 3.63) is 27.7 Å². The van der Waals surface area contributed by atoms with Gasteiger partial charge in [-0.3, -0.25) is 4.90 Å². The highest BCUT2D eigenvalue weighted by molar-refractivity contribution is 6.42. The quantitative estimate of drug-likeness (QED) is 0.834. The van der Waals surface area contributed by atoms with E-state index in [9.17, 15) is 0 Å². The summed E-state index contributed by atoms with van der Waals surface area (Å²) >= 11 is 12.2. The maximum absolute atomic E-state index is 6.15. The Hall–Kier alpha value is -0.263. The molecule has 1 unspecified atom stereocenters. The summed E-state index contributed by atoms with van der Waals surface area (Å²) in [5.74, 6) is 1.37. The van der Waals surface area contributed by atoms with Gasteiger partial charge in [-0.05, 0) is 50.5 Å². The van der Waals surface area contributed by atoms with Crippen molar-refractivity contribution >= 4 is 33.4 Å². The molecule has 0 spiro atoms. The molecule has 1 fully saturated rings. The van der Waals surface area contributed by atoms with Crippen LogP contribution >= 0.6 is 23.2 Å². The van der Waals surface area contributed by atoms with Gasteiger partial charge in [0.05, 0.1) is 16.7 Å². The van der Waals surface area contributed by atoms with Crippen molar-refractivity contribution < 1.29 is 4.74 Å². The molecule has 3 nitrogen and oxygen atoms in total. The second-order valence-corrected chi connectivity index (χ2v) is 6.99. The van der Waals surface area contributed by atoms with Crippen LogP contribution in [-0.2, 0) is 6.54 Å². The third-order valence-electron chi connectivity index (χ3n) is 3.94. The number of ether oxygens (including phenoxy) is 1. The lowest BCUT2D eigenvalue weighted by Gasteiger charge is -2.36. The highest BCUT2D eigenvalue weighted by Crippen LogP contribution is 2.33. The smallest absolute Gasteiger partial charge is 0.125 e. The van der Waals surface area contributed by atoms with Crippen LogP contribution in [0.1, 0.15) is 18.9 Å². The lowest BCUT2D eigenvalue weighted by Crippen LogP contribution is -2.39. The summed E-state index contributed by atoms with van der Waals surface area (Å²) in [6.45, 7) is 6.14. The fourth-order valence-corrected chi connectivity index (χ4v) is 3.62. The zero-order chi connectivity index (χ0) is 15.4. The lowest BCUT2D eigenvalue weighted by atomic mass is 9.96. The second-order valence-electron chi connectivity index (χ2n) is 5.43. The Bertz CT molecular complexity index is 487. The summed E-state index contributed by atoms with van der Waals surface area (Å²) in [5.41, 5.74) is 7.30. The van der Waals surface area contributed by atoms with Crippen LogP contribution in [0.2, 0.25) is 15.6 Å². The Morgan fingerprint density at radius 3 is 2.71 bits per heavy atom. The van der Waals surface area contributed by atoms with E-state index >= 15 is 0 Å². The number of halogens is 2. The summed E-state index contributed by atoms with van der Waals surface area (Å²) in [5, 5.41) is 1.10. The monoisotopic (exact) mass is 343 g/mol. The molecule has 0 aromatic heterocycles. The number of nitrogens with two attached hydrogens (primary N) is 1. The summed E-state index contributed by atoms with van der Waals surface area (Å²) in [6.07, 6.45) is 1.11. The Morgan fingerprint density at radius 2 is 2.10 bits per heavy atom. The van der Waals surface area contributed by atoms with Crippen molar-refractivity contribution in [2.24, 2.45) is 11.7 Å². The maximum atomic E-state index is 6.15. The van der Waals surface area contributed by atoms with E-state index in [1.165, 1.54) is 0 Å². The van der Waals surface area contributed by atoms with E-state index in [1.807, 2.05) is 13.0 Å². The van der Waals surface area contributed by atoms with Crippen LogP contribution in [0.4, 0.5) is 0 Å². The fraction of sp³-hybridized carbons (Fsp3) is 0.600. The normalized spacial score (nSPS) is 23.3. The van der Waals surface area contributed by atoms with E-state index < -0.39 is 0 Å². The van der Waals surface area contributed by atoms with Crippen molar-refractivity contribution in [2.75, 3.05) is 26.2 Å². The Kier molecular flexibility index (Phi) is 6.38. The van der Waals surface area contributed by atoms with Gasteiger partial charge in [0.25, 0.3) is 0 Å². The van der Waals surface area contributed by atoms with Crippen LogP contribution in [0, 0.1) is 5.92 Å². The van der Waals surface area contributed by atoms with Gasteiger partial charge in [0.1, 0.15) is 5.75 Å². The van der Waals surface area contributed by atoms with Crippen LogP contribution in [0.5, 0.6) is 5.75 Å². The van der Waals surface area contributed by atoms with Gasteiger partial charge in [-0.15, -0.1) is 0 Å². The lowest BCUT2D eigenvalue weighted by molar-refractivity contribution is 0.179. The summed E-state index contributed by atoms with van der Waals surface area (Å²) in [7, 11) is 3.80. The predicted molar refractivity (Wildman–Crippen MR) is 89.6 cm³/mol. The molecule has 1 aromatic carbocycles. The molecule has 0 saturated carbocycles. The minimum Gasteiger partial charge on any atom is -0.493 e. The number of likely N-dealkylation sites (tertiary alicyclic amines) is 1. The minimum atomic E-state index is 0.432. The number of rotatable bonds is 5. The molecular formula is C15H21Cl2N2OSi. The van der Waals surface area contributed by atoms with E-state index in [0.29, 0.717) is 28.1 Å². The standard InChI is InChI=1S/C15H21Cl2N2OSi/c1-2-20-14-6-13(17)12(16)5-11(14)8-19-4-3-10(7-18)15(21)9-19/h5-6,10,15H,2-4,7-9,18H2,1H3/t10-,15?/m0/s1. The minimum absolute atomic E-state index is 0.432. The third kappa shape index (κ3) is 4.36. The Balaban J connectivity index is 2.10. The maximum Gasteiger partial charge on any atom is 0.125 e. The molecule has 2 N–H and O–H groups in total. The third-order valence-corrected chi connectivity index (χ3v) is 5.32. The molecule has 1 saturated heterocycles. The van der Waals surface area contributed by atoms with E-state index in [2.05, 4.69) is 15.1 Å². The molecule has 0 amide bonds. The molecule has 3 radical (unpaired) electrons. The Labute approximate surface area is 140 Å². The molecule has 0 aliphatic carbocycles. The van der Waals surface area contributed by atoms with E-state index in [4.69, 9.17) is 33.7 Å². The molecule has 1 aliphatic heterocycles. The van der Waals surface area contributed by atoms with Crippen molar-refractivity contribution in [3.63, 3.8) is 0 Å². The van der Waals surface area contributed by atoms with Crippen molar-refractivity contribution in [1.29, 1.82) is 0 Å². The van der Waals surface area contributed by atoms with Gasteiger partial charge in [-0.25, -0.2) is 0 Å². The first-order chi connectivity index (χ1) is 10.0. The first kappa shape index (κ1) is 17.1. The predicted octanol–water partition coefficient (Wildman–Crippen LogP) is 3.13. The first-order valence-electron chi connectivity index (χ1n) is 7.29. The van der Waals surface area contributed by atoms with Gasteiger partial charge in [-0.2, -0.15) is 0 Å². The summed E-state index contributed by atoms with van der Waals surface area (Å²) in [6, 6.07) is 3.72. The second kappa shape index (κ2) is 7.84. The molecule has 6 heteroatoms. The van der Waals surface area contributed by atoms with Crippen LogP contribution in [-0.4, -0.2) is 41.4 Å². The number of benzene rings is 1. The van der Waals surface area contributed by atoms with Crippen LogP contribution in [0.25, 0.3) is 0 Å².